The fourth-order valence-electron chi connectivity index (χ4n) is 4.17. The molecule has 2 saturated heterocycles. The van der Waals surface area contributed by atoms with Crippen LogP contribution in [0.1, 0.15) is 28.8 Å². The molecule has 2 aliphatic heterocycles. The van der Waals surface area contributed by atoms with Gasteiger partial charge in [0.1, 0.15) is 0 Å². The second-order valence-electron chi connectivity index (χ2n) is 6.76. The van der Waals surface area contributed by atoms with Crippen molar-refractivity contribution >= 4 is 5.91 Å². The number of aryl methyl sites for hydroxylation is 1. The summed E-state index contributed by atoms with van der Waals surface area (Å²) in [5.41, 5.74) is 1.78. The Morgan fingerprint density at radius 1 is 1.32 bits per heavy atom. The average molecular weight is 341 g/mol. The van der Waals surface area contributed by atoms with Gasteiger partial charge in [-0.25, -0.2) is 4.98 Å². The molecule has 7 nitrogen and oxygen atoms in total. The largest absolute Gasteiger partial charge is 0.481 e. The fourth-order valence-corrected chi connectivity index (χ4v) is 4.17. The van der Waals surface area contributed by atoms with Gasteiger partial charge in [-0.15, -0.1) is 0 Å². The number of amides is 1. The molecule has 132 valence electrons. The second-order valence-corrected chi connectivity index (χ2v) is 6.76. The van der Waals surface area contributed by atoms with Crippen molar-refractivity contribution in [2.24, 2.45) is 7.05 Å². The molecule has 0 unspecified atom stereocenters. The Bertz CT molecular complexity index is 774. The lowest BCUT2D eigenvalue weighted by Crippen LogP contribution is -2.39. The van der Waals surface area contributed by atoms with Crippen LogP contribution in [0.5, 0.6) is 5.88 Å². The van der Waals surface area contributed by atoms with E-state index in [9.17, 15) is 4.79 Å². The molecule has 0 N–H and O–H groups in total. The third-order valence-corrected chi connectivity index (χ3v) is 5.32. The normalized spacial score (nSPS) is 23.0. The molecule has 2 atom stereocenters. The number of carbonyl (C=O) groups is 1. The zero-order chi connectivity index (χ0) is 17.4. The Kier molecular flexibility index (Phi) is 4.17. The molecule has 2 aromatic rings. The third kappa shape index (κ3) is 2.89. The van der Waals surface area contributed by atoms with Crippen molar-refractivity contribution in [2.75, 3.05) is 20.2 Å². The summed E-state index contributed by atoms with van der Waals surface area (Å²) in [5, 5.41) is 4.12. The van der Waals surface area contributed by atoms with E-state index in [-0.39, 0.29) is 11.9 Å². The van der Waals surface area contributed by atoms with E-state index in [0.717, 1.165) is 38.0 Å². The molecule has 2 fully saturated rings. The highest BCUT2D eigenvalue weighted by atomic mass is 16.5. The number of pyridine rings is 1. The van der Waals surface area contributed by atoms with E-state index in [1.54, 1.807) is 30.4 Å². The van der Waals surface area contributed by atoms with Gasteiger partial charge in [-0.2, -0.15) is 5.10 Å². The van der Waals surface area contributed by atoms with Crippen LogP contribution in [-0.4, -0.2) is 62.8 Å². The topological polar surface area (TPSA) is 63.5 Å². The van der Waals surface area contributed by atoms with Crippen LogP contribution in [0.15, 0.2) is 30.7 Å². The Morgan fingerprint density at radius 3 is 2.92 bits per heavy atom. The molecule has 0 spiro atoms. The highest BCUT2D eigenvalue weighted by molar-refractivity contribution is 5.94. The maximum Gasteiger partial charge on any atom is 0.257 e. The Morgan fingerprint density at radius 2 is 2.16 bits per heavy atom. The Balaban J connectivity index is 1.47. The van der Waals surface area contributed by atoms with Crippen LogP contribution in [0.3, 0.4) is 0 Å². The standard InChI is InChI=1S/C18H23N5O2/c1-21-11-14(10-20-21)18(24)23-9-6-15-16(23)5-8-22(15)12-13-4-3-7-19-17(13)25-2/h3-4,7,10-11,15-16H,5-6,8-9,12H2,1-2H3/t15-,16+/m1/s1. The molecule has 25 heavy (non-hydrogen) atoms. The molecule has 0 bridgehead atoms. The first kappa shape index (κ1) is 16.1. The SMILES string of the molecule is COc1ncccc1CN1CC[C@H]2[C@H]1CCN2C(=O)c1cnn(C)c1. The first-order valence-electron chi connectivity index (χ1n) is 8.69. The highest BCUT2D eigenvalue weighted by Gasteiger charge is 2.44. The number of rotatable bonds is 4. The molecule has 0 aliphatic carbocycles. The summed E-state index contributed by atoms with van der Waals surface area (Å²) in [5.74, 6) is 0.786. The number of ether oxygens (including phenoxy) is 1. The van der Waals surface area contributed by atoms with Gasteiger partial charge in [-0.05, 0) is 18.9 Å². The van der Waals surface area contributed by atoms with Crippen LogP contribution < -0.4 is 4.74 Å². The molecule has 0 aromatic carbocycles. The predicted molar refractivity (Wildman–Crippen MR) is 92.3 cm³/mol. The third-order valence-electron chi connectivity index (χ3n) is 5.32. The minimum atomic E-state index is 0.0985. The summed E-state index contributed by atoms with van der Waals surface area (Å²) in [6.45, 7) is 2.61. The summed E-state index contributed by atoms with van der Waals surface area (Å²) in [6.07, 6.45) is 7.23. The average Bonchev–Trinajstić information content (AvgIpc) is 3.32. The number of aromatic nitrogens is 3. The number of fused-ring (bicyclic) bond motifs is 1. The number of nitrogens with zero attached hydrogens (tertiary/aromatic N) is 5. The molecule has 1 amide bonds. The van der Waals surface area contributed by atoms with E-state index in [2.05, 4.69) is 21.0 Å². The van der Waals surface area contributed by atoms with Gasteiger partial charge in [0, 0.05) is 56.7 Å². The van der Waals surface area contributed by atoms with Crippen molar-refractivity contribution < 1.29 is 9.53 Å². The number of hydrogen-bond acceptors (Lipinski definition) is 5. The van der Waals surface area contributed by atoms with Crippen molar-refractivity contribution in [2.45, 2.75) is 31.5 Å². The minimum Gasteiger partial charge on any atom is -0.481 e. The van der Waals surface area contributed by atoms with Crippen LogP contribution >= 0.6 is 0 Å². The van der Waals surface area contributed by atoms with Crippen molar-refractivity contribution in [1.29, 1.82) is 0 Å². The molecular weight excluding hydrogens is 318 g/mol. The lowest BCUT2D eigenvalue weighted by Gasteiger charge is -2.25. The molecule has 2 aliphatic rings. The van der Waals surface area contributed by atoms with E-state index in [0.29, 0.717) is 17.5 Å². The summed E-state index contributed by atoms with van der Waals surface area (Å²) in [4.78, 5) is 21.6. The van der Waals surface area contributed by atoms with Crippen molar-refractivity contribution in [3.63, 3.8) is 0 Å². The lowest BCUT2D eigenvalue weighted by molar-refractivity contribution is 0.0731. The van der Waals surface area contributed by atoms with E-state index >= 15 is 0 Å². The van der Waals surface area contributed by atoms with Crippen LogP contribution in [0.4, 0.5) is 0 Å². The number of carbonyl (C=O) groups excluding carboxylic acids is 1. The van der Waals surface area contributed by atoms with E-state index < -0.39 is 0 Å². The maximum absolute atomic E-state index is 12.8. The van der Waals surface area contributed by atoms with Crippen LogP contribution in [-0.2, 0) is 13.6 Å². The number of hydrogen-bond donors (Lipinski definition) is 0. The molecular formula is C18H23N5O2. The number of methoxy groups -OCH3 is 1. The minimum absolute atomic E-state index is 0.0985. The van der Waals surface area contributed by atoms with Crippen LogP contribution in [0.25, 0.3) is 0 Å². The molecule has 7 heteroatoms. The summed E-state index contributed by atoms with van der Waals surface area (Å²) in [7, 11) is 3.49. The van der Waals surface area contributed by atoms with Gasteiger partial charge >= 0.3 is 0 Å². The van der Waals surface area contributed by atoms with Gasteiger partial charge in [-0.3, -0.25) is 14.4 Å². The first-order chi connectivity index (χ1) is 12.2. The smallest absolute Gasteiger partial charge is 0.257 e. The van der Waals surface area contributed by atoms with Crippen LogP contribution in [0.2, 0.25) is 0 Å². The van der Waals surface area contributed by atoms with Gasteiger partial charge < -0.3 is 9.64 Å². The quantitative estimate of drug-likeness (QED) is 0.839. The highest BCUT2D eigenvalue weighted by Crippen LogP contribution is 2.34. The van der Waals surface area contributed by atoms with Gasteiger partial charge in [0.2, 0.25) is 5.88 Å². The summed E-state index contributed by atoms with van der Waals surface area (Å²) >= 11 is 0. The summed E-state index contributed by atoms with van der Waals surface area (Å²) in [6, 6.07) is 4.70. The van der Waals surface area contributed by atoms with Gasteiger partial charge in [0.15, 0.2) is 0 Å². The van der Waals surface area contributed by atoms with E-state index in [1.165, 1.54) is 0 Å². The van der Waals surface area contributed by atoms with Crippen LogP contribution in [0, 0.1) is 0 Å². The van der Waals surface area contributed by atoms with Gasteiger partial charge in [0.05, 0.1) is 18.9 Å². The zero-order valence-corrected chi connectivity index (χ0v) is 14.6. The van der Waals surface area contributed by atoms with E-state index in [4.69, 9.17) is 4.74 Å². The lowest BCUT2D eigenvalue weighted by atomic mass is 10.1. The predicted octanol–water partition coefficient (Wildman–Crippen LogP) is 1.31. The Labute approximate surface area is 147 Å². The number of likely N-dealkylation sites (tertiary alicyclic amines) is 2. The maximum atomic E-state index is 12.8. The molecule has 4 rings (SSSR count). The molecule has 0 saturated carbocycles. The first-order valence-corrected chi connectivity index (χ1v) is 8.69. The summed E-state index contributed by atoms with van der Waals surface area (Å²) < 4.78 is 7.05. The zero-order valence-electron chi connectivity index (χ0n) is 14.6. The van der Waals surface area contributed by atoms with Crippen molar-refractivity contribution in [3.05, 3.63) is 41.9 Å². The van der Waals surface area contributed by atoms with Gasteiger partial charge in [0.25, 0.3) is 5.91 Å². The molecule has 0 radical (unpaired) electrons. The Hall–Kier alpha value is -2.41. The van der Waals surface area contributed by atoms with Crippen molar-refractivity contribution in [1.82, 2.24) is 24.6 Å². The van der Waals surface area contributed by atoms with E-state index in [1.807, 2.05) is 18.0 Å². The second kappa shape index (κ2) is 6.48. The van der Waals surface area contributed by atoms with Gasteiger partial charge in [-0.1, -0.05) is 6.07 Å². The fraction of sp³-hybridized carbons (Fsp3) is 0.500. The molecule has 2 aromatic heterocycles. The molecule has 4 heterocycles. The van der Waals surface area contributed by atoms with Crippen molar-refractivity contribution in [3.8, 4) is 5.88 Å². The monoisotopic (exact) mass is 341 g/mol.